The van der Waals surface area contributed by atoms with Gasteiger partial charge >= 0.3 is 0 Å². The van der Waals surface area contributed by atoms with Gasteiger partial charge in [-0.2, -0.15) is 0 Å². The first kappa shape index (κ1) is 34.3. The monoisotopic (exact) mass is 685 g/mol. The summed E-state index contributed by atoms with van der Waals surface area (Å²) in [5.41, 5.74) is 2.48. The van der Waals surface area contributed by atoms with Crippen LogP contribution < -0.4 is 9.62 Å². The lowest BCUT2D eigenvalue weighted by molar-refractivity contribution is -0.140. The number of aryl methyl sites for hydroxylation is 1. The Kier molecular flexibility index (Phi) is 11.6. The lowest BCUT2D eigenvalue weighted by atomic mass is 10.0. The summed E-state index contributed by atoms with van der Waals surface area (Å²) in [7, 11) is -4.29. The Balaban J connectivity index is 1.83. The second-order valence-corrected chi connectivity index (χ2v) is 14.1. The number of carbonyl (C=O) groups excluding carboxylic acids is 2. The summed E-state index contributed by atoms with van der Waals surface area (Å²) in [4.78, 5) is 29.6. The quantitative estimate of drug-likeness (QED) is 0.169. The van der Waals surface area contributed by atoms with E-state index in [1.54, 1.807) is 36.4 Å². The Bertz CT molecular complexity index is 1730. The van der Waals surface area contributed by atoms with Gasteiger partial charge in [-0.15, -0.1) is 0 Å². The van der Waals surface area contributed by atoms with Gasteiger partial charge < -0.3 is 10.2 Å². The molecule has 1 N–H and O–H groups in total. The minimum Gasteiger partial charge on any atom is -0.352 e. The predicted octanol–water partition coefficient (Wildman–Crippen LogP) is 7.32. The van der Waals surface area contributed by atoms with E-state index in [0.717, 1.165) is 15.4 Å². The van der Waals surface area contributed by atoms with Crippen molar-refractivity contribution in [2.24, 2.45) is 0 Å². The Labute approximate surface area is 279 Å². The summed E-state index contributed by atoms with van der Waals surface area (Å²) in [6.07, 6.45) is 0.194. The number of anilines is 1. The molecule has 0 unspecified atom stereocenters. The van der Waals surface area contributed by atoms with E-state index >= 15 is 0 Å². The van der Waals surface area contributed by atoms with Gasteiger partial charge in [0.15, 0.2) is 0 Å². The first-order valence-corrected chi connectivity index (χ1v) is 16.8. The van der Waals surface area contributed by atoms with Crippen molar-refractivity contribution < 1.29 is 18.0 Å². The van der Waals surface area contributed by atoms with Crippen molar-refractivity contribution >= 4 is 62.3 Å². The fourth-order valence-electron chi connectivity index (χ4n) is 4.82. The molecule has 2 amide bonds. The molecule has 4 aromatic rings. The largest absolute Gasteiger partial charge is 0.352 e. The van der Waals surface area contributed by atoms with Gasteiger partial charge in [0.25, 0.3) is 10.0 Å². The second kappa shape index (κ2) is 15.1. The van der Waals surface area contributed by atoms with Gasteiger partial charge in [-0.25, -0.2) is 8.42 Å². The molecule has 0 heterocycles. The normalized spacial score (nSPS) is 12.1. The van der Waals surface area contributed by atoms with Crippen LogP contribution in [0.5, 0.6) is 0 Å². The predicted molar refractivity (Wildman–Crippen MR) is 181 cm³/mol. The van der Waals surface area contributed by atoms with Gasteiger partial charge in [0.05, 0.1) is 10.6 Å². The Hall–Kier alpha value is -3.56. The number of nitrogens with one attached hydrogen (secondary N) is 1. The van der Waals surface area contributed by atoms with Crippen molar-refractivity contribution in [1.29, 1.82) is 0 Å². The average molecular weight is 687 g/mol. The number of hydrogen-bond acceptors (Lipinski definition) is 4. The molecule has 11 heteroatoms. The summed E-state index contributed by atoms with van der Waals surface area (Å²) in [6.45, 7) is 4.88. The first-order chi connectivity index (χ1) is 21.3. The number of sulfonamides is 1. The fourth-order valence-corrected chi connectivity index (χ4v) is 6.94. The highest BCUT2D eigenvalue weighted by Gasteiger charge is 2.35. The zero-order valence-electron chi connectivity index (χ0n) is 25.1. The SMILES string of the molecule is Cc1ccc(S(=O)(=O)N(CC(=O)N(Cc2cccc(Cl)c2)[C@@H](Cc2ccccc2)C(=O)NC(C)C)c2cc(Cl)cc(Cl)c2)cc1. The Morgan fingerprint density at radius 1 is 0.778 bits per heavy atom. The molecule has 1 atom stereocenters. The van der Waals surface area contributed by atoms with Crippen LogP contribution in [0.15, 0.2) is 102 Å². The molecule has 7 nitrogen and oxygen atoms in total. The number of amides is 2. The van der Waals surface area contributed by atoms with E-state index < -0.39 is 28.5 Å². The molecule has 0 aromatic heterocycles. The smallest absolute Gasteiger partial charge is 0.264 e. The molecule has 0 aliphatic carbocycles. The molecule has 4 aromatic carbocycles. The third-order valence-corrected chi connectivity index (χ3v) is 9.43. The maximum absolute atomic E-state index is 14.5. The minimum absolute atomic E-state index is 0.00285. The molecule has 0 aliphatic rings. The van der Waals surface area contributed by atoms with Gasteiger partial charge in [0.2, 0.25) is 11.8 Å². The first-order valence-electron chi connectivity index (χ1n) is 14.3. The van der Waals surface area contributed by atoms with Gasteiger partial charge in [-0.05, 0) is 74.4 Å². The van der Waals surface area contributed by atoms with Crippen LogP contribution in [0.25, 0.3) is 0 Å². The lowest BCUT2D eigenvalue weighted by Gasteiger charge is -2.34. The molecule has 0 spiro atoms. The summed E-state index contributed by atoms with van der Waals surface area (Å²) >= 11 is 18.9. The number of benzene rings is 4. The van der Waals surface area contributed by atoms with Crippen molar-refractivity contribution in [3.63, 3.8) is 0 Å². The summed E-state index contributed by atoms with van der Waals surface area (Å²) in [6, 6.07) is 25.8. The van der Waals surface area contributed by atoms with Crippen LogP contribution in [0.4, 0.5) is 5.69 Å². The van der Waals surface area contributed by atoms with Crippen LogP contribution in [-0.2, 0) is 32.6 Å². The van der Waals surface area contributed by atoms with Gasteiger partial charge in [0, 0.05) is 34.1 Å². The van der Waals surface area contributed by atoms with E-state index in [4.69, 9.17) is 34.8 Å². The van der Waals surface area contributed by atoms with Gasteiger partial charge in [0.1, 0.15) is 12.6 Å². The van der Waals surface area contributed by atoms with E-state index in [9.17, 15) is 18.0 Å². The number of rotatable bonds is 12. The van der Waals surface area contributed by atoms with Crippen molar-refractivity contribution in [3.05, 3.63) is 129 Å². The lowest BCUT2D eigenvalue weighted by Crippen LogP contribution is -2.54. The summed E-state index contributed by atoms with van der Waals surface area (Å²) in [5, 5.41) is 3.79. The van der Waals surface area contributed by atoms with Crippen LogP contribution in [0.3, 0.4) is 0 Å². The molecule has 45 heavy (non-hydrogen) atoms. The molecule has 236 valence electrons. The molecule has 0 bridgehead atoms. The van der Waals surface area contributed by atoms with Crippen LogP contribution in [-0.4, -0.2) is 43.8 Å². The summed E-state index contributed by atoms with van der Waals surface area (Å²) < 4.78 is 29.3. The van der Waals surface area contributed by atoms with E-state index in [2.05, 4.69) is 5.32 Å². The van der Waals surface area contributed by atoms with E-state index in [1.807, 2.05) is 51.1 Å². The van der Waals surface area contributed by atoms with Crippen molar-refractivity contribution in [1.82, 2.24) is 10.2 Å². The maximum atomic E-state index is 14.5. The molecular weight excluding hydrogens is 653 g/mol. The highest BCUT2D eigenvalue weighted by atomic mass is 35.5. The standard InChI is InChI=1S/C34H34Cl3N3O4S/c1-23(2)38-34(42)32(17-25-8-5-4-6-9-25)39(21-26-10-7-11-27(35)16-26)33(41)22-40(30-19-28(36)18-29(37)20-30)45(43,44)31-14-12-24(3)13-15-31/h4-16,18-20,23,32H,17,21-22H2,1-3H3,(H,38,42)/t32-/m0/s1. The number of hydrogen-bond donors (Lipinski definition) is 1. The van der Waals surface area contributed by atoms with Gasteiger partial charge in [-0.3, -0.25) is 13.9 Å². The fraction of sp³-hybridized carbons (Fsp3) is 0.235. The third kappa shape index (κ3) is 9.23. The van der Waals surface area contributed by atoms with E-state index in [0.29, 0.717) is 10.6 Å². The number of carbonyl (C=O) groups is 2. The molecule has 0 saturated heterocycles. The molecule has 0 aliphatic heterocycles. The minimum atomic E-state index is -4.29. The molecule has 0 radical (unpaired) electrons. The Morgan fingerprint density at radius 3 is 2.00 bits per heavy atom. The highest BCUT2D eigenvalue weighted by Crippen LogP contribution is 2.30. The highest BCUT2D eigenvalue weighted by molar-refractivity contribution is 7.92. The van der Waals surface area contributed by atoms with Gasteiger partial charge in [-0.1, -0.05) is 95.0 Å². The molecule has 4 rings (SSSR count). The van der Waals surface area contributed by atoms with Crippen molar-refractivity contribution in [3.8, 4) is 0 Å². The van der Waals surface area contributed by atoms with Crippen molar-refractivity contribution in [2.45, 2.75) is 50.7 Å². The third-order valence-electron chi connectivity index (χ3n) is 6.97. The molecular formula is C34H34Cl3N3O4S. The zero-order valence-corrected chi connectivity index (χ0v) is 28.2. The summed E-state index contributed by atoms with van der Waals surface area (Å²) in [5.74, 6) is -0.982. The van der Waals surface area contributed by atoms with E-state index in [-0.39, 0.29) is 45.5 Å². The van der Waals surface area contributed by atoms with Crippen molar-refractivity contribution in [2.75, 3.05) is 10.8 Å². The molecule has 0 fully saturated rings. The number of nitrogens with zero attached hydrogens (tertiary/aromatic N) is 2. The zero-order chi connectivity index (χ0) is 32.7. The topological polar surface area (TPSA) is 86.8 Å². The van der Waals surface area contributed by atoms with Crippen LogP contribution in [0.2, 0.25) is 15.1 Å². The number of halogens is 3. The van der Waals surface area contributed by atoms with Crippen LogP contribution in [0, 0.1) is 6.92 Å². The Morgan fingerprint density at radius 2 is 1.40 bits per heavy atom. The maximum Gasteiger partial charge on any atom is 0.264 e. The van der Waals surface area contributed by atoms with E-state index in [1.165, 1.54) is 35.2 Å². The molecule has 0 saturated carbocycles. The van der Waals surface area contributed by atoms with Crippen LogP contribution >= 0.6 is 34.8 Å². The van der Waals surface area contributed by atoms with Crippen LogP contribution in [0.1, 0.15) is 30.5 Å². The second-order valence-electron chi connectivity index (χ2n) is 11.0. The average Bonchev–Trinajstić information content (AvgIpc) is 2.97.